The highest BCUT2D eigenvalue weighted by atomic mass is 19.4. The molecule has 3 N–H and O–H groups in total. The highest BCUT2D eigenvalue weighted by Gasteiger charge is 2.31. The zero-order valence-corrected chi connectivity index (χ0v) is 11.5. The molecular weight excluding hydrogens is 301 g/mol. The van der Waals surface area contributed by atoms with Gasteiger partial charge in [-0.3, -0.25) is 4.98 Å². The van der Waals surface area contributed by atoms with Crippen LogP contribution < -0.4 is 5.32 Å². The number of aromatic nitrogens is 1. The van der Waals surface area contributed by atoms with Crippen molar-refractivity contribution in [1.29, 1.82) is 0 Å². The Hall–Kier alpha value is -2.35. The van der Waals surface area contributed by atoms with E-state index in [0.717, 1.165) is 19.1 Å². The van der Waals surface area contributed by atoms with E-state index >= 15 is 0 Å². The van der Waals surface area contributed by atoms with Crippen LogP contribution in [0.3, 0.4) is 0 Å². The molecule has 2 rings (SSSR count). The van der Waals surface area contributed by atoms with E-state index in [4.69, 9.17) is 5.11 Å². The van der Waals surface area contributed by atoms with Crippen LogP contribution in [0.2, 0.25) is 0 Å². The van der Waals surface area contributed by atoms with E-state index in [2.05, 4.69) is 10.3 Å². The standard InChI is InChI=1S/C14H13F3N2O3/c1-13(22,12(20)21)7-19-10-4-5-18-11-6-8(14(15,16)17)2-3-9(10)11/h2-6,22H,7H2,1H3,(H,18,19)(H,20,21). The molecule has 0 aliphatic carbocycles. The van der Waals surface area contributed by atoms with Gasteiger partial charge >= 0.3 is 12.1 Å². The molecule has 0 saturated heterocycles. The molecule has 1 unspecified atom stereocenters. The largest absolute Gasteiger partial charge is 0.479 e. The Morgan fingerprint density at radius 1 is 1.32 bits per heavy atom. The summed E-state index contributed by atoms with van der Waals surface area (Å²) in [6, 6.07) is 4.58. The third kappa shape index (κ3) is 3.28. The number of fused-ring (bicyclic) bond motifs is 1. The lowest BCUT2D eigenvalue weighted by atomic mass is 10.1. The summed E-state index contributed by atoms with van der Waals surface area (Å²) in [6.07, 6.45) is -3.16. The number of aliphatic hydroxyl groups is 1. The van der Waals surface area contributed by atoms with Gasteiger partial charge < -0.3 is 15.5 Å². The van der Waals surface area contributed by atoms with Crippen LogP contribution in [0.15, 0.2) is 30.5 Å². The first-order valence-corrected chi connectivity index (χ1v) is 6.27. The van der Waals surface area contributed by atoms with Crippen molar-refractivity contribution in [2.24, 2.45) is 0 Å². The van der Waals surface area contributed by atoms with E-state index in [1.54, 1.807) is 0 Å². The van der Waals surface area contributed by atoms with E-state index in [-0.39, 0.29) is 12.1 Å². The molecule has 1 atom stereocenters. The van der Waals surface area contributed by atoms with Gasteiger partial charge in [0.25, 0.3) is 0 Å². The molecule has 118 valence electrons. The molecule has 1 heterocycles. The van der Waals surface area contributed by atoms with E-state index in [1.165, 1.54) is 18.3 Å². The number of benzene rings is 1. The fraction of sp³-hybridized carbons (Fsp3) is 0.286. The Morgan fingerprint density at radius 2 is 2.00 bits per heavy atom. The van der Waals surface area contributed by atoms with Gasteiger partial charge in [0.05, 0.1) is 17.6 Å². The summed E-state index contributed by atoms with van der Waals surface area (Å²) in [5, 5.41) is 21.6. The number of aliphatic carboxylic acids is 1. The van der Waals surface area contributed by atoms with Crippen molar-refractivity contribution in [3.05, 3.63) is 36.0 Å². The molecule has 0 saturated carbocycles. The summed E-state index contributed by atoms with van der Waals surface area (Å²) < 4.78 is 38.0. The highest BCUT2D eigenvalue weighted by molar-refractivity contribution is 5.91. The maximum Gasteiger partial charge on any atom is 0.416 e. The number of carboxylic acids is 1. The molecule has 5 nitrogen and oxygen atoms in total. The molecule has 0 aliphatic heterocycles. The lowest BCUT2D eigenvalue weighted by molar-refractivity contribution is -0.155. The van der Waals surface area contributed by atoms with E-state index in [9.17, 15) is 23.1 Å². The average molecular weight is 314 g/mol. The molecule has 2 aromatic rings. The van der Waals surface area contributed by atoms with Crippen molar-refractivity contribution in [3.63, 3.8) is 0 Å². The lowest BCUT2D eigenvalue weighted by Gasteiger charge is -2.20. The number of anilines is 1. The third-order valence-electron chi connectivity index (χ3n) is 3.15. The predicted octanol–water partition coefficient (Wildman–Crippen LogP) is 2.50. The Morgan fingerprint density at radius 3 is 2.59 bits per heavy atom. The third-order valence-corrected chi connectivity index (χ3v) is 3.15. The Bertz CT molecular complexity index is 714. The second kappa shape index (κ2) is 5.45. The van der Waals surface area contributed by atoms with Gasteiger partial charge in [-0.1, -0.05) is 6.07 Å². The number of halogens is 3. The van der Waals surface area contributed by atoms with Gasteiger partial charge in [0, 0.05) is 17.3 Å². The molecule has 0 aliphatic rings. The molecule has 1 aromatic heterocycles. The Labute approximate surface area is 123 Å². The minimum atomic E-state index is -4.47. The van der Waals surface area contributed by atoms with Crippen molar-refractivity contribution in [1.82, 2.24) is 4.98 Å². The predicted molar refractivity (Wildman–Crippen MR) is 73.5 cm³/mol. The molecule has 0 bridgehead atoms. The first-order valence-electron chi connectivity index (χ1n) is 6.27. The first kappa shape index (κ1) is 16.0. The zero-order valence-electron chi connectivity index (χ0n) is 11.5. The quantitative estimate of drug-likeness (QED) is 0.808. The van der Waals surface area contributed by atoms with Crippen molar-refractivity contribution in [2.75, 3.05) is 11.9 Å². The van der Waals surface area contributed by atoms with Gasteiger partial charge in [-0.2, -0.15) is 13.2 Å². The van der Waals surface area contributed by atoms with Crippen LogP contribution >= 0.6 is 0 Å². The Kier molecular flexibility index (Phi) is 3.97. The normalized spacial score (nSPS) is 14.6. The van der Waals surface area contributed by atoms with Crippen molar-refractivity contribution >= 4 is 22.6 Å². The molecule has 0 amide bonds. The maximum absolute atomic E-state index is 12.7. The molecule has 0 radical (unpaired) electrons. The van der Waals surface area contributed by atoms with Crippen LogP contribution in [-0.4, -0.2) is 33.3 Å². The number of alkyl halides is 3. The smallest absolute Gasteiger partial charge is 0.416 e. The van der Waals surface area contributed by atoms with Crippen molar-refractivity contribution in [3.8, 4) is 0 Å². The van der Waals surface area contributed by atoms with Crippen LogP contribution in [0.5, 0.6) is 0 Å². The summed E-state index contributed by atoms with van der Waals surface area (Å²) in [4.78, 5) is 14.7. The zero-order chi connectivity index (χ0) is 16.5. The van der Waals surface area contributed by atoms with Crippen molar-refractivity contribution < 1.29 is 28.2 Å². The monoisotopic (exact) mass is 314 g/mol. The summed E-state index contributed by atoms with van der Waals surface area (Å²) >= 11 is 0. The molecular formula is C14H13F3N2O3. The Balaban J connectivity index is 2.34. The van der Waals surface area contributed by atoms with Crippen LogP contribution in [0, 0.1) is 0 Å². The van der Waals surface area contributed by atoms with Gasteiger partial charge in [-0.15, -0.1) is 0 Å². The number of carbonyl (C=O) groups is 1. The van der Waals surface area contributed by atoms with Crippen molar-refractivity contribution in [2.45, 2.75) is 18.7 Å². The molecule has 22 heavy (non-hydrogen) atoms. The summed E-state index contributed by atoms with van der Waals surface area (Å²) in [5.41, 5.74) is -2.31. The maximum atomic E-state index is 12.7. The molecule has 0 spiro atoms. The second-order valence-electron chi connectivity index (χ2n) is 5.02. The number of nitrogens with zero attached hydrogens (tertiary/aromatic N) is 1. The fourth-order valence-corrected chi connectivity index (χ4v) is 1.82. The average Bonchev–Trinajstić information content (AvgIpc) is 2.43. The molecule has 8 heteroatoms. The number of pyridine rings is 1. The molecule has 1 aromatic carbocycles. The number of nitrogens with one attached hydrogen (secondary N) is 1. The SMILES string of the molecule is CC(O)(CNc1ccnc2cc(C(F)(F)F)ccc12)C(=O)O. The van der Waals surface area contributed by atoms with E-state index in [1.807, 2.05) is 0 Å². The van der Waals surface area contributed by atoms with Crippen LogP contribution in [0.25, 0.3) is 10.9 Å². The summed E-state index contributed by atoms with van der Waals surface area (Å²) in [7, 11) is 0. The fourth-order valence-electron chi connectivity index (χ4n) is 1.82. The number of hydrogen-bond acceptors (Lipinski definition) is 4. The van der Waals surface area contributed by atoms with Crippen LogP contribution in [-0.2, 0) is 11.0 Å². The number of carboxylic acid groups (broad SMARTS) is 1. The molecule has 0 fully saturated rings. The van der Waals surface area contributed by atoms with E-state index in [0.29, 0.717) is 11.1 Å². The number of hydrogen-bond donors (Lipinski definition) is 3. The highest BCUT2D eigenvalue weighted by Crippen LogP contribution is 2.32. The van der Waals surface area contributed by atoms with Gasteiger partial charge in [-0.25, -0.2) is 4.79 Å². The first-order chi connectivity index (χ1) is 10.1. The minimum absolute atomic E-state index is 0.120. The van der Waals surface area contributed by atoms with E-state index < -0.39 is 23.3 Å². The van der Waals surface area contributed by atoms with Gasteiger partial charge in [0.1, 0.15) is 0 Å². The van der Waals surface area contributed by atoms with Gasteiger partial charge in [0.2, 0.25) is 0 Å². The van der Waals surface area contributed by atoms with Crippen LogP contribution in [0.1, 0.15) is 12.5 Å². The van der Waals surface area contributed by atoms with Gasteiger partial charge in [-0.05, 0) is 25.1 Å². The second-order valence-corrected chi connectivity index (χ2v) is 5.02. The lowest BCUT2D eigenvalue weighted by Crippen LogP contribution is -2.41. The number of rotatable bonds is 4. The van der Waals surface area contributed by atoms with Gasteiger partial charge in [0.15, 0.2) is 5.60 Å². The van der Waals surface area contributed by atoms with Crippen LogP contribution in [0.4, 0.5) is 18.9 Å². The summed E-state index contributed by atoms with van der Waals surface area (Å²) in [6.45, 7) is 0.815. The minimum Gasteiger partial charge on any atom is -0.479 e. The summed E-state index contributed by atoms with van der Waals surface area (Å²) in [5.74, 6) is -1.40. The topological polar surface area (TPSA) is 82.5 Å².